The minimum Gasteiger partial charge on any atom is -0.632 e. The largest absolute Gasteiger partial charge is 0.632 e. The van der Waals surface area contributed by atoms with Gasteiger partial charge in [0.1, 0.15) is 13.1 Å². The van der Waals surface area contributed by atoms with E-state index in [1.807, 2.05) is 36.4 Å². The van der Waals surface area contributed by atoms with Crippen molar-refractivity contribution in [2.24, 2.45) is 0 Å². The van der Waals surface area contributed by atoms with Crippen molar-refractivity contribution in [3.05, 3.63) is 77.0 Å². The van der Waals surface area contributed by atoms with Gasteiger partial charge in [0.15, 0.2) is 0 Å². The highest BCUT2D eigenvalue weighted by molar-refractivity contribution is 5.15. The smallest absolute Gasteiger partial charge is 0.104 e. The Balaban J connectivity index is 1.84. The predicted octanol–water partition coefficient (Wildman–Crippen LogP) is 6.84. The summed E-state index contributed by atoms with van der Waals surface area (Å²) in [5.74, 6) is 0. The van der Waals surface area contributed by atoms with E-state index in [4.69, 9.17) is 0 Å². The summed E-state index contributed by atoms with van der Waals surface area (Å²) in [6, 6.07) is 20.4. The lowest BCUT2D eigenvalue weighted by Gasteiger charge is -2.43. The second-order valence-corrected chi connectivity index (χ2v) is 7.54. The maximum atomic E-state index is 13.6. The molecule has 0 fully saturated rings. The average molecular weight is 354 g/mol. The third kappa shape index (κ3) is 8.16. The zero-order valence-electron chi connectivity index (χ0n) is 16.4. The summed E-state index contributed by atoms with van der Waals surface area (Å²) < 4.78 is -0.149. The SMILES string of the molecule is CCCCCCCCCC[N+]([O-])(Cc1ccccc1)Cc1ccccc1. The summed E-state index contributed by atoms with van der Waals surface area (Å²) in [4.78, 5) is 0. The quantitative estimate of drug-likeness (QED) is 0.219. The van der Waals surface area contributed by atoms with E-state index in [0.29, 0.717) is 19.6 Å². The van der Waals surface area contributed by atoms with Gasteiger partial charge in [0.2, 0.25) is 0 Å². The highest BCUT2D eigenvalue weighted by atomic mass is 16.5. The number of rotatable bonds is 13. The fourth-order valence-electron chi connectivity index (χ4n) is 3.58. The molecule has 0 atom stereocenters. The van der Waals surface area contributed by atoms with Crippen molar-refractivity contribution < 1.29 is 4.65 Å². The van der Waals surface area contributed by atoms with Crippen LogP contribution in [-0.4, -0.2) is 11.2 Å². The Morgan fingerprint density at radius 1 is 0.615 bits per heavy atom. The number of quaternary nitrogens is 1. The molecular formula is C24H35NO. The summed E-state index contributed by atoms with van der Waals surface area (Å²) in [6.45, 7) is 4.09. The minimum atomic E-state index is -0.149. The maximum absolute atomic E-state index is 13.6. The zero-order chi connectivity index (χ0) is 18.5. The molecule has 0 N–H and O–H groups in total. The Morgan fingerprint density at radius 2 is 1.04 bits per heavy atom. The maximum Gasteiger partial charge on any atom is 0.104 e. The van der Waals surface area contributed by atoms with Crippen LogP contribution in [0.5, 0.6) is 0 Å². The van der Waals surface area contributed by atoms with Crippen LogP contribution in [0.25, 0.3) is 0 Å². The zero-order valence-corrected chi connectivity index (χ0v) is 16.4. The van der Waals surface area contributed by atoms with Gasteiger partial charge >= 0.3 is 0 Å². The number of benzene rings is 2. The normalized spacial score (nSPS) is 11.6. The highest BCUT2D eigenvalue weighted by Crippen LogP contribution is 2.20. The van der Waals surface area contributed by atoms with Crippen molar-refractivity contribution in [3.63, 3.8) is 0 Å². The Morgan fingerprint density at radius 3 is 1.50 bits per heavy atom. The van der Waals surface area contributed by atoms with Crippen LogP contribution >= 0.6 is 0 Å². The van der Waals surface area contributed by atoms with Gasteiger partial charge in [0.05, 0.1) is 6.54 Å². The number of unbranched alkanes of at least 4 members (excludes halogenated alkanes) is 7. The van der Waals surface area contributed by atoms with Crippen molar-refractivity contribution >= 4 is 0 Å². The van der Waals surface area contributed by atoms with Crippen molar-refractivity contribution in [2.75, 3.05) is 6.54 Å². The second kappa shape index (κ2) is 11.9. The van der Waals surface area contributed by atoms with Crippen LogP contribution in [0, 0.1) is 5.21 Å². The van der Waals surface area contributed by atoms with E-state index in [9.17, 15) is 5.21 Å². The molecule has 0 aromatic heterocycles. The first kappa shape index (κ1) is 20.7. The Hall–Kier alpha value is -1.64. The first-order valence-electron chi connectivity index (χ1n) is 10.4. The van der Waals surface area contributed by atoms with Gasteiger partial charge < -0.3 is 9.85 Å². The molecule has 2 nitrogen and oxygen atoms in total. The summed E-state index contributed by atoms with van der Waals surface area (Å²) in [5.41, 5.74) is 2.27. The number of hydrogen-bond acceptors (Lipinski definition) is 1. The van der Waals surface area contributed by atoms with E-state index in [1.54, 1.807) is 0 Å². The highest BCUT2D eigenvalue weighted by Gasteiger charge is 2.18. The molecule has 0 heterocycles. The molecule has 26 heavy (non-hydrogen) atoms. The third-order valence-electron chi connectivity index (χ3n) is 5.05. The minimum absolute atomic E-state index is 0.149. The molecule has 0 radical (unpaired) electrons. The number of hydroxylamine groups is 3. The van der Waals surface area contributed by atoms with Crippen molar-refractivity contribution in [3.8, 4) is 0 Å². The second-order valence-electron chi connectivity index (χ2n) is 7.54. The van der Waals surface area contributed by atoms with E-state index in [0.717, 1.165) is 17.5 Å². The van der Waals surface area contributed by atoms with Crippen molar-refractivity contribution in [1.82, 2.24) is 0 Å². The molecule has 2 heteroatoms. The van der Waals surface area contributed by atoms with E-state index in [-0.39, 0.29) is 4.65 Å². The average Bonchev–Trinajstić information content (AvgIpc) is 2.65. The summed E-state index contributed by atoms with van der Waals surface area (Å²) >= 11 is 0. The number of nitrogens with zero attached hydrogens (tertiary/aromatic N) is 1. The lowest BCUT2D eigenvalue weighted by molar-refractivity contribution is -0.907. The van der Waals surface area contributed by atoms with Gasteiger partial charge in [0, 0.05) is 11.1 Å². The van der Waals surface area contributed by atoms with E-state index in [1.165, 1.54) is 44.9 Å². The van der Waals surface area contributed by atoms with Crippen molar-refractivity contribution in [1.29, 1.82) is 0 Å². The third-order valence-corrected chi connectivity index (χ3v) is 5.05. The van der Waals surface area contributed by atoms with Gasteiger partial charge in [-0.25, -0.2) is 0 Å². The first-order valence-corrected chi connectivity index (χ1v) is 10.4. The topological polar surface area (TPSA) is 23.1 Å². The van der Waals surface area contributed by atoms with E-state index >= 15 is 0 Å². The van der Waals surface area contributed by atoms with E-state index in [2.05, 4.69) is 31.2 Å². The predicted molar refractivity (Wildman–Crippen MR) is 111 cm³/mol. The van der Waals surface area contributed by atoms with Crippen LogP contribution in [-0.2, 0) is 13.1 Å². The van der Waals surface area contributed by atoms with Gasteiger partial charge in [-0.2, -0.15) is 0 Å². The van der Waals surface area contributed by atoms with Gasteiger partial charge in [-0.1, -0.05) is 106 Å². The molecule has 0 saturated carbocycles. The van der Waals surface area contributed by atoms with E-state index < -0.39 is 0 Å². The number of hydrogen-bond donors (Lipinski definition) is 0. The molecule has 0 bridgehead atoms. The Kier molecular flexibility index (Phi) is 9.44. The molecule has 0 aliphatic rings. The molecule has 0 aliphatic heterocycles. The summed E-state index contributed by atoms with van der Waals surface area (Å²) in [6.07, 6.45) is 10.1. The standard InChI is InChI=1S/C24H35NO/c1-2-3-4-5-6-7-8-15-20-25(26,21-23-16-11-9-12-17-23)22-24-18-13-10-14-19-24/h9-14,16-19H,2-8,15,20-22H2,1H3. The lowest BCUT2D eigenvalue weighted by Crippen LogP contribution is -2.41. The molecule has 0 aliphatic carbocycles. The summed E-state index contributed by atoms with van der Waals surface area (Å²) in [5, 5.41) is 13.6. The molecule has 2 aromatic carbocycles. The van der Waals surface area contributed by atoms with Crippen LogP contribution in [0.2, 0.25) is 0 Å². The molecule has 2 rings (SSSR count). The Labute approximate surface area is 160 Å². The van der Waals surface area contributed by atoms with Crippen LogP contribution in [0.15, 0.2) is 60.7 Å². The molecule has 0 unspecified atom stereocenters. The lowest BCUT2D eigenvalue weighted by atomic mass is 10.1. The van der Waals surface area contributed by atoms with Gasteiger partial charge in [-0.3, -0.25) is 0 Å². The molecular weight excluding hydrogens is 318 g/mol. The fraction of sp³-hybridized carbons (Fsp3) is 0.500. The monoisotopic (exact) mass is 353 g/mol. The van der Waals surface area contributed by atoms with Gasteiger partial charge in [-0.15, -0.1) is 0 Å². The molecule has 0 saturated heterocycles. The van der Waals surface area contributed by atoms with Crippen LogP contribution < -0.4 is 0 Å². The molecule has 142 valence electrons. The molecule has 0 amide bonds. The van der Waals surface area contributed by atoms with Crippen molar-refractivity contribution in [2.45, 2.75) is 71.4 Å². The Bertz CT molecular complexity index is 540. The van der Waals surface area contributed by atoms with Crippen LogP contribution in [0.4, 0.5) is 0 Å². The summed E-state index contributed by atoms with van der Waals surface area (Å²) in [7, 11) is 0. The first-order chi connectivity index (χ1) is 12.7. The van der Waals surface area contributed by atoms with Crippen LogP contribution in [0.3, 0.4) is 0 Å². The van der Waals surface area contributed by atoms with Gasteiger partial charge in [0.25, 0.3) is 0 Å². The van der Waals surface area contributed by atoms with Gasteiger partial charge in [-0.05, 0) is 12.8 Å². The molecule has 0 spiro atoms. The van der Waals surface area contributed by atoms with Crippen LogP contribution in [0.1, 0.15) is 69.4 Å². The fourth-order valence-corrected chi connectivity index (χ4v) is 3.58. The molecule has 2 aromatic rings.